The molecule has 5 heteroatoms. The molecule has 1 fully saturated rings. The normalized spacial score (nSPS) is 18.5. The average molecular weight is 276 g/mol. The third kappa shape index (κ3) is 3.10. The first-order chi connectivity index (χ1) is 9.63. The summed E-state index contributed by atoms with van der Waals surface area (Å²) in [5, 5.41) is 2.62. The maximum atomic E-state index is 12.2. The number of para-hydroxylation sites is 2. The highest BCUT2D eigenvalue weighted by atomic mass is 16.5. The number of nitrogens with zero attached hydrogens (tertiary/aromatic N) is 1. The molecule has 1 aromatic carbocycles. The molecule has 5 nitrogen and oxygen atoms in total. The van der Waals surface area contributed by atoms with Crippen LogP contribution >= 0.6 is 0 Å². The Bertz CT molecular complexity index is 502. The Morgan fingerprint density at radius 3 is 2.75 bits per heavy atom. The molecule has 0 spiro atoms. The Labute approximate surface area is 118 Å². The van der Waals surface area contributed by atoms with Gasteiger partial charge in [0.15, 0.2) is 0 Å². The number of rotatable bonds is 2. The fraction of sp³-hybridized carbons (Fsp3) is 0.467. The van der Waals surface area contributed by atoms with Crippen molar-refractivity contribution in [2.24, 2.45) is 0 Å². The lowest BCUT2D eigenvalue weighted by molar-refractivity contribution is -0.145. The molecular formula is C15H20N2O3. The van der Waals surface area contributed by atoms with Gasteiger partial charge >= 0.3 is 11.8 Å². The van der Waals surface area contributed by atoms with Crippen molar-refractivity contribution in [1.29, 1.82) is 0 Å². The van der Waals surface area contributed by atoms with Crippen LogP contribution in [0.5, 0.6) is 5.75 Å². The molecule has 2 rings (SSSR count). The van der Waals surface area contributed by atoms with Crippen molar-refractivity contribution in [3.8, 4) is 5.75 Å². The first-order valence-corrected chi connectivity index (χ1v) is 6.88. The van der Waals surface area contributed by atoms with E-state index in [9.17, 15) is 9.59 Å². The Hall–Kier alpha value is -2.04. The Kier molecular flexibility index (Phi) is 4.61. The van der Waals surface area contributed by atoms with Gasteiger partial charge in [-0.2, -0.15) is 0 Å². The molecule has 1 aliphatic rings. The van der Waals surface area contributed by atoms with E-state index >= 15 is 0 Å². The number of hydrogen-bond acceptors (Lipinski definition) is 3. The summed E-state index contributed by atoms with van der Waals surface area (Å²) in [4.78, 5) is 25.9. The van der Waals surface area contributed by atoms with Gasteiger partial charge in [0.2, 0.25) is 0 Å². The van der Waals surface area contributed by atoms with Gasteiger partial charge in [0.25, 0.3) is 0 Å². The third-order valence-electron chi connectivity index (χ3n) is 3.61. The Morgan fingerprint density at radius 2 is 2.05 bits per heavy atom. The fourth-order valence-electron chi connectivity index (χ4n) is 2.45. The zero-order chi connectivity index (χ0) is 14.5. The number of ether oxygens (including phenoxy) is 1. The SMILES string of the molecule is COc1ccccc1NC(=O)C(=O)N1CCCCC1C. The molecule has 1 atom stereocenters. The second kappa shape index (κ2) is 6.41. The minimum Gasteiger partial charge on any atom is -0.495 e. The first kappa shape index (κ1) is 14.4. The summed E-state index contributed by atoms with van der Waals surface area (Å²) in [5.41, 5.74) is 0.512. The minimum atomic E-state index is -0.608. The molecule has 0 aromatic heterocycles. The van der Waals surface area contributed by atoms with Gasteiger partial charge in [-0.3, -0.25) is 9.59 Å². The van der Waals surface area contributed by atoms with Crippen LogP contribution in [0.25, 0.3) is 0 Å². The number of anilines is 1. The van der Waals surface area contributed by atoms with Gasteiger partial charge in [0.05, 0.1) is 12.8 Å². The van der Waals surface area contributed by atoms with E-state index in [4.69, 9.17) is 4.74 Å². The zero-order valence-electron chi connectivity index (χ0n) is 11.9. The van der Waals surface area contributed by atoms with Crippen LogP contribution in [0.4, 0.5) is 5.69 Å². The Morgan fingerprint density at radius 1 is 1.30 bits per heavy atom. The molecule has 1 unspecified atom stereocenters. The molecule has 1 N–H and O–H groups in total. The van der Waals surface area contributed by atoms with Crippen molar-refractivity contribution < 1.29 is 14.3 Å². The van der Waals surface area contributed by atoms with Crippen LogP contribution in [-0.4, -0.2) is 36.4 Å². The molecule has 0 bridgehead atoms. The summed E-state index contributed by atoms with van der Waals surface area (Å²) in [6, 6.07) is 7.17. The van der Waals surface area contributed by atoms with Gasteiger partial charge < -0.3 is 15.0 Å². The zero-order valence-corrected chi connectivity index (χ0v) is 11.9. The summed E-state index contributed by atoms with van der Waals surface area (Å²) in [5.74, 6) is -0.535. The molecule has 0 aliphatic carbocycles. The molecule has 1 aromatic rings. The van der Waals surface area contributed by atoms with Crippen LogP contribution in [0.3, 0.4) is 0 Å². The monoisotopic (exact) mass is 276 g/mol. The van der Waals surface area contributed by atoms with E-state index in [2.05, 4.69) is 5.32 Å². The predicted molar refractivity (Wildman–Crippen MR) is 76.6 cm³/mol. The average Bonchev–Trinajstić information content (AvgIpc) is 2.47. The molecule has 1 aliphatic heterocycles. The molecule has 2 amide bonds. The highest BCUT2D eigenvalue weighted by Crippen LogP contribution is 2.23. The van der Waals surface area contributed by atoms with Crippen LogP contribution in [0.2, 0.25) is 0 Å². The molecule has 1 saturated heterocycles. The van der Waals surface area contributed by atoms with Gasteiger partial charge in [0.1, 0.15) is 5.75 Å². The van der Waals surface area contributed by atoms with E-state index in [1.807, 2.05) is 13.0 Å². The highest BCUT2D eigenvalue weighted by molar-refractivity contribution is 6.39. The maximum absolute atomic E-state index is 12.2. The van der Waals surface area contributed by atoms with Crippen molar-refractivity contribution in [2.45, 2.75) is 32.2 Å². The van der Waals surface area contributed by atoms with Crippen LogP contribution in [0, 0.1) is 0 Å². The van der Waals surface area contributed by atoms with Crippen molar-refractivity contribution in [3.63, 3.8) is 0 Å². The molecule has 0 radical (unpaired) electrons. The number of hydrogen-bond donors (Lipinski definition) is 1. The molecule has 20 heavy (non-hydrogen) atoms. The van der Waals surface area contributed by atoms with E-state index in [0.717, 1.165) is 19.3 Å². The fourth-order valence-corrected chi connectivity index (χ4v) is 2.45. The number of likely N-dealkylation sites (tertiary alicyclic amines) is 1. The van der Waals surface area contributed by atoms with E-state index in [-0.39, 0.29) is 6.04 Å². The summed E-state index contributed by atoms with van der Waals surface area (Å²) < 4.78 is 5.15. The summed E-state index contributed by atoms with van der Waals surface area (Å²) in [6.07, 6.45) is 3.02. The Balaban J connectivity index is 2.05. The number of piperidine rings is 1. The first-order valence-electron chi connectivity index (χ1n) is 6.88. The van der Waals surface area contributed by atoms with Gasteiger partial charge in [0, 0.05) is 12.6 Å². The molecule has 0 saturated carbocycles. The van der Waals surface area contributed by atoms with Gasteiger partial charge in [-0.15, -0.1) is 0 Å². The minimum absolute atomic E-state index is 0.125. The standard InChI is InChI=1S/C15H20N2O3/c1-11-7-5-6-10-17(11)15(19)14(18)16-12-8-3-4-9-13(12)20-2/h3-4,8-9,11H,5-7,10H2,1-2H3,(H,16,18). The summed E-state index contributed by atoms with van der Waals surface area (Å²) in [6.45, 7) is 2.63. The van der Waals surface area contributed by atoms with E-state index in [1.165, 1.54) is 7.11 Å². The van der Waals surface area contributed by atoms with Crippen LogP contribution in [-0.2, 0) is 9.59 Å². The smallest absolute Gasteiger partial charge is 0.314 e. The number of benzene rings is 1. The van der Waals surface area contributed by atoms with E-state index in [0.29, 0.717) is 18.0 Å². The number of methoxy groups -OCH3 is 1. The second-order valence-electron chi connectivity index (χ2n) is 5.00. The number of nitrogens with one attached hydrogen (secondary N) is 1. The summed E-state index contributed by atoms with van der Waals surface area (Å²) in [7, 11) is 1.53. The quantitative estimate of drug-likeness (QED) is 0.841. The van der Waals surface area contributed by atoms with Crippen molar-refractivity contribution in [3.05, 3.63) is 24.3 Å². The van der Waals surface area contributed by atoms with E-state index < -0.39 is 11.8 Å². The summed E-state index contributed by atoms with van der Waals surface area (Å²) >= 11 is 0. The lowest BCUT2D eigenvalue weighted by Gasteiger charge is -2.32. The van der Waals surface area contributed by atoms with Crippen LogP contribution in [0.1, 0.15) is 26.2 Å². The van der Waals surface area contributed by atoms with Crippen LogP contribution in [0.15, 0.2) is 24.3 Å². The maximum Gasteiger partial charge on any atom is 0.314 e. The lowest BCUT2D eigenvalue weighted by Crippen LogP contribution is -2.47. The van der Waals surface area contributed by atoms with Gasteiger partial charge in [-0.25, -0.2) is 0 Å². The van der Waals surface area contributed by atoms with Crippen molar-refractivity contribution in [1.82, 2.24) is 4.90 Å². The molecule has 108 valence electrons. The third-order valence-corrected chi connectivity index (χ3v) is 3.61. The predicted octanol–water partition coefficient (Wildman–Crippen LogP) is 2.03. The van der Waals surface area contributed by atoms with Crippen LogP contribution < -0.4 is 10.1 Å². The van der Waals surface area contributed by atoms with Crippen molar-refractivity contribution >= 4 is 17.5 Å². The molecule has 1 heterocycles. The number of carbonyl (C=O) groups excluding carboxylic acids is 2. The highest BCUT2D eigenvalue weighted by Gasteiger charge is 2.28. The van der Waals surface area contributed by atoms with E-state index in [1.54, 1.807) is 23.1 Å². The number of amides is 2. The second-order valence-corrected chi connectivity index (χ2v) is 5.00. The van der Waals surface area contributed by atoms with Gasteiger partial charge in [-0.1, -0.05) is 12.1 Å². The van der Waals surface area contributed by atoms with Crippen molar-refractivity contribution in [2.75, 3.05) is 19.0 Å². The topological polar surface area (TPSA) is 58.6 Å². The lowest BCUT2D eigenvalue weighted by atomic mass is 10.0. The largest absolute Gasteiger partial charge is 0.495 e. The molecular weight excluding hydrogens is 256 g/mol. The number of carbonyl (C=O) groups is 2. The van der Waals surface area contributed by atoms with Gasteiger partial charge in [-0.05, 0) is 38.3 Å².